The molecule has 1 N–H and O–H groups in total. The number of aryl methyl sites for hydroxylation is 3. The maximum Gasteiger partial charge on any atom is 0.282 e. The Morgan fingerprint density at radius 1 is 0.800 bits per heavy atom. The second-order valence-electron chi connectivity index (χ2n) is 7.44. The van der Waals surface area contributed by atoms with Crippen molar-refractivity contribution in [3.05, 3.63) is 99.7 Å². The van der Waals surface area contributed by atoms with Gasteiger partial charge in [0.05, 0.1) is 11.3 Å². The molecule has 0 atom stereocenters. The smallest absolute Gasteiger partial charge is 0.282 e. The van der Waals surface area contributed by atoms with Gasteiger partial charge in [-0.15, -0.1) is 0 Å². The highest BCUT2D eigenvalue weighted by Crippen LogP contribution is 2.35. The van der Waals surface area contributed by atoms with Crippen molar-refractivity contribution in [2.45, 2.75) is 20.8 Å². The van der Waals surface area contributed by atoms with Crippen LogP contribution in [0.25, 0.3) is 5.57 Å². The highest BCUT2D eigenvalue weighted by atomic mass is 35.5. The number of carbonyl (C=O) groups is 2. The second-order valence-corrected chi connectivity index (χ2v) is 7.85. The molecule has 0 aromatic heterocycles. The number of halogens is 1. The number of nitrogens with one attached hydrogen (secondary N) is 1. The van der Waals surface area contributed by atoms with Crippen LogP contribution in [-0.2, 0) is 9.59 Å². The molecule has 1 aliphatic heterocycles. The van der Waals surface area contributed by atoms with Crippen molar-refractivity contribution in [3.63, 3.8) is 0 Å². The van der Waals surface area contributed by atoms with Gasteiger partial charge in [-0.2, -0.15) is 0 Å². The molecule has 0 saturated carbocycles. The van der Waals surface area contributed by atoms with Gasteiger partial charge in [0.25, 0.3) is 11.8 Å². The summed E-state index contributed by atoms with van der Waals surface area (Å²) >= 11 is 6.27. The van der Waals surface area contributed by atoms with E-state index in [4.69, 9.17) is 11.6 Å². The van der Waals surface area contributed by atoms with Gasteiger partial charge < -0.3 is 5.32 Å². The molecule has 0 radical (unpaired) electrons. The Hall–Kier alpha value is -3.37. The fourth-order valence-electron chi connectivity index (χ4n) is 3.48. The van der Waals surface area contributed by atoms with Gasteiger partial charge in [0.2, 0.25) is 0 Å². The van der Waals surface area contributed by atoms with Crippen LogP contribution in [0.5, 0.6) is 0 Å². The largest absolute Gasteiger partial charge is 0.350 e. The van der Waals surface area contributed by atoms with Crippen LogP contribution in [0.15, 0.2) is 72.4 Å². The van der Waals surface area contributed by atoms with Gasteiger partial charge in [-0.25, -0.2) is 4.90 Å². The van der Waals surface area contributed by atoms with E-state index in [0.29, 0.717) is 21.8 Å². The van der Waals surface area contributed by atoms with Crippen molar-refractivity contribution in [1.82, 2.24) is 0 Å². The number of amides is 2. The molecule has 5 heteroatoms. The third-order valence-corrected chi connectivity index (χ3v) is 5.62. The average Bonchev–Trinajstić information content (AvgIpc) is 2.97. The molecule has 150 valence electrons. The molecular weight excluding hydrogens is 396 g/mol. The topological polar surface area (TPSA) is 49.4 Å². The van der Waals surface area contributed by atoms with E-state index in [0.717, 1.165) is 22.4 Å². The van der Waals surface area contributed by atoms with Crippen molar-refractivity contribution < 1.29 is 9.59 Å². The Morgan fingerprint density at radius 3 is 2.20 bits per heavy atom. The lowest BCUT2D eigenvalue weighted by molar-refractivity contribution is -0.120. The lowest BCUT2D eigenvalue weighted by Gasteiger charge is -2.16. The minimum Gasteiger partial charge on any atom is -0.350 e. The van der Waals surface area contributed by atoms with Crippen LogP contribution < -0.4 is 10.2 Å². The lowest BCUT2D eigenvalue weighted by Crippen LogP contribution is -2.32. The van der Waals surface area contributed by atoms with Crippen molar-refractivity contribution in [2.24, 2.45) is 0 Å². The normalized spacial score (nSPS) is 13.9. The van der Waals surface area contributed by atoms with Gasteiger partial charge >= 0.3 is 0 Å². The van der Waals surface area contributed by atoms with Crippen LogP contribution in [0.4, 0.5) is 11.4 Å². The number of benzene rings is 3. The zero-order valence-corrected chi connectivity index (χ0v) is 17.7. The molecule has 3 aromatic carbocycles. The molecular formula is C25H21ClN2O2. The average molecular weight is 417 g/mol. The highest BCUT2D eigenvalue weighted by molar-refractivity contribution is 6.46. The van der Waals surface area contributed by atoms with Gasteiger partial charge in [-0.1, -0.05) is 60.1 Å². The van der Waals surface area contributed by atoms with Crippen LogP contribution in [0, 0.1) is 20.8 Å². The predicted octanol–water partition coefficient (Wildman–Crippen LogP) is 5.66. The van der Waals surface area contributed by atoms with Crippen LogP contribution in [0.3, 0.4) is 0 Å². The molecule has 1 aliphatic rings. The fraction of sp³-hybridized carbons (Fsp3) is 0.120. The predicted molar refractivity (Wildman–Crippen MR) is 122 cm³/mol. The molecule has 4 rings (SSSR count). The lowest BCUT2D eigenvalue weighted by atomic mass is 10.0. The maximum atomic E-state index is 13.4. The van der Waals surface area contributed by atoms with E-state index in [2.05, 4.69) is 5.32 Å². The first-order valence-electron chi connectivity index (χ1n) is 9.65. The molecule has 30 heavy (non-hydrogen) atoms. The summed E-state index contributed by atoms with van der Waals surface area (Å²) in [6, 6.07) is 20.4. The minimum absolute atomic E-state index is 0.261. The minimum atomic E-state index is -0.403. The number of imide groups is 1. The summed E-state index contributed by atoms with van der Waals surface area (Å²) in [5, 5.41) is 3.74. The zero-order chi connectivity index (χ0) is 21.4. The third kappa shape index (κ3) is 3.51. The zero-order valence-electron chi connectivity index (χ0n) is 17.0. The van der Waals surface area contributed by atoms with E-state index in [1.165, 1.54) is 4.90 Å². The number of anilines is 2. The second kappa shape index (κ2) is 7.81. The van der Waals surface area contributed by atoms with Gasteiger partial charge in [-0.05, 0) is 61.2 Å². The standard InChI is InChI=1S/C25H21ClN2O2/c1-15-9-10-17(3)21(13-15)27-23-22(18-7-5-4-6-8-18)24(29)28(25(23)30)19-12-11-16(2)20(26)14-19/h4-14,27H,1-3H3. The molecule has 3 aromatic rings. The summed E-state index contributed by atoms with van der Waals surface area (Å²) in [6.45, 7) is 5.82. The van der Waals surface area contributed by atoms with Crippen molar-refractivity contribution in [1.29, 1.82) is 0 Å². The summed E-state index contributed by atoms with van der Waals surface area (Å²) in [7, 11) is 0. The monoisotopic (exact) mass is 416 g/mol. The number of hydrogen-bond donors (Lipinski definition) is 1. The quantitative estimate of drug-likeness (QED) is 0.558. The molecule has 0 unspecified atom stereocenters. The number of rotatable bonds is 4. The first kappa shape index (κ1) is 19.9. The molecule has 0 aliphatic carbocycles. The van der Waals surface area contributed by atoms with Crippen LogP contribution in [-0.4, -0.2) is 11.8 Å². The molecule has 2 amide bonds. The highest BCUT2D eigenvalue weighted by Gasteiger charge is 2.40. The summed E-state index contributed by atoms with van der Waals surface area (Å²) < 4.78 is 0. The fourth-order valence-corrected chi connectivity index (χ4v) is 3.65. The Morgan fingerprint density at radius 2 is 1.50 bits per heavy atom. The summed E-state index contributed by atoms with van der Waals surface area (Å²) in [4.78, 5) is 28.0. The number of carbonyl (C=O) groups excluding carboxylic acids is 2. The van der Waals surface area contributed by atoms with Crippen molar-refractivity contribution in [2.75, 3.05) is 10.2 Å². The van der Waals surface area contributed by atoms with E-state index < -0.39 is 5.91 Å². The van der Waals surface area contributed by atoms with Gasteiger partial charge in [0.1, 0.15) is 5.70 Å². The van der Waals surface area contributed by atoms with Gasteiger partial charge in [0, 0.05) is 10.7 Å². The Labute approximate surface area is 180 Å². The van der Waals surface area contributed by atoms with E-state index >= 15 is 0 Å². The molecule has 1 heterocycles. The first-order valence-corrected chi connectivity index (χ1v) is 10.0. The summed E-state index contributed by atoms with van der Waals surface area (Å²) in [6.07, 6.45) is 0. The number of hydrogen-bond acceptors (Lipinski definition) is 3. The molecule has 0 fully saturated rings. The van der Waals surface area contributed by atoms with Crippen LogP contribution >= 0.6 is 11.6 Å². The third-order valence-electron chi connectivity index (χ3n) is 5.21. The molecule has 0 bridgehead atoms. The Balaban J connectivity index is 1.84. The van der Waals surface area contributed by atoms with Gasteiger partial charge in [0.15, 0.2) is 0 Å². The van der Waals surface area contributed by atoms with E-state index in [1.807, 2.05) is 69.3 Å². The maximum absolute atomic E-state index is 13.4. The first-order chi connectivity index (χ1) is 14.4. The Kier molecular flexibility index (Phi) is 5.18. The van der Waals surface area contributed by atoms with E-state index in [-0.39, 0.29) is 11.6 Å². The summed E-state index contributed by atoms with van der Waals surface area (Å²) in [5.41, 5.74) is 5.46. The molecule has 0 spiro atoms. The SMILES string of the molecule is Cc1ccc(C)c(NC2=C(c3ccccc3)C(=O)N(c3ccc(C)c(Cl)c3)C2=O)c1. The van der Waals surface area contributed by atoms with Crippen LogP contribution in [0.2, 0.25) is 5.02 Å². The van der Waals surface area contributed by atoms with Crippen molar-refractivity contribution >= 4 is 40.4 Å². The van der Waals surface area contributed by atoms with Gasteiger partial charge in [-0.3, -0.25) is 9.59 Å². The Bertz CT molecular complexity index is 1200. The van der Waals surface area contributed by atoms with Crippen LogP contribution in [0.1, 0.15) is 22.3 Å². The summed E-state index contributed by atoms with van der Waals surface area (Å²) in [5.74, 6) is -0.779. The van der Waals surface area contributed by atoms with E-state index in [1.54, 1.807) is 18.2 Å². The van der Waals surface area contributed by atoms with Crippen molar-refractivity contribution in [3.8, 4) is 0 Å². The number of nitrogens with zero attached hydrogens (tertiary/aromatic N) is 1. The molecule has 4 nitrogen and oxygen atoms in total. The van der Waals surface area contributed by atoms with E-state index in [9.17, 15) is 9.59 Å². The molecule has 0 saturated heterocycles.